The molecular formula is C18H21N5O2. The fourth-order valence-corrected chi connectivity index (χ4v) is 2.69. The van der Waals surface area contributed by atoms with Crippen LogP contribution in [0.3, 0.4) is 0 Å². The first-order chi connectivity index (χ1) is 12.3. The zero-order chi connectivity index (χ0) is 17.5. The van der Waals surface area contributed by atoms with Crippen molar-refractivity contribution in [3.05, 3.63) is 65.5 Å². The smallest absolute Gasteiger partial charge is 0.250 e. The van der Waals surface area contributed by atoms with Crippen LogP contribution in [0.5, 0.6) is 0 Å². The highest BCUT2D eigenvalue weighted by atomic mass is 16.5. The van der Waals surface area contributed by atoms with Gasteiger partial charge in [-0.2, -0.15) is 5.10 Å². The molecule has 1 unspecified atom stereocenters. The van der Waals surface area contributed by atoms with E-state index in [1.165, 1.54) is 0 Å². The number of morpholine rings is 1. The topological polar surface area (TPSA) is 102 Å². The molecule has 7 nitrogen and oxygen atoms in total. The number of nitrogens with one attached hydrogen (secondary N) is 2. The lowest BCUT2D eigenvalue weighted by Gasteiger charge is -2.22. The number of carbonyl (C=O) groups is 1. The van der Waals surface area contributed by atoms with Crippen molar-refractivity contribution in [3.63, 3.8) is 0 Å². The lowest BCUT2D eigenvalue weighted by molar-refractivity contribution is -0.134. The third-order valence-electron chi connectivity index (χ3n) is 3.97. The van der Waals surface area contributed by atoms with Gasteiger partial charge in [-0.05, 0) is 23.8 Å². The summed E-state index contributed by atoms with van der Waals surface area (Å²) in [5.41, 5.74) is 3.41. The normalized spacial score (nSPS) is 17.9. The van der Waals surface area contributed by atoms with Gasteiger partial charge in [0.25, 0.3) is 5.91 Å². The summed E-state index contributed by atoms with van der Waals surface area (Å²) in [6.07, 6.45) is 2.96. The van der Waals surface area contributed by atoms with Crippen LogP contribution in [0.2, 0.25) is 0 Å². The SMILES string of the molecule is N/N=C(/c1ccncc1)c1cccc(CNC(=O)C2CNCCO2)c1. The summed E-state index contributed by atoms with van der Waals surface area (Å²) in [6, 6.07) is 11.5. The number of hydrogen-bond donors (Lipinski definition) is 3. The van der Waals surface area contributed by atoms with Crippen molar-refractivity contribution < 1.29 is 9.53 Å². The van der Waals surface area contributed by atoms with Crippen LogP contribution in [0, 0.1) is 0 Å². The molecule has 1 amide bonds. The number of ether oxygens (including phenoxy) is 1. The molecule has 1 aliphatic heterocycles. The number of benzene rings is 1. The quantitative estimate of drug-likeness (QED) is 0.416. The molecule has 0 spiro atoms. The molecule has 1 aromatic heterocycles. The molecule has 4 N–H and O–H groups in total. The van der Waals surface area contributed by atoms with E-state index in [0.717, 1.165) is 23.2 Å². The Morgan fingerprint density at radius 2 is 2.16 bits per heavy atom. The molecule has 0 radical (unpaired) electrons. The van der Waals surface area contributed by atoms with Crippen molar-refractivity contribution >= 4 is 11.6 Å². The molecule has 0 bridgehead atoms. The van der Waals surface area contributed by atoms with Crippen LogP contribution in [0.15, 0.2) is 53.9 Å². The Bertz CT molecular complexity index is 742. The number of pyridine rings is 1. The predicted molar refractivity (Wildman–Crippen MR) is 95.0 cm³/mol. The fraction of sp³-hybridized carbons (Fsp3) is 0.278. The average Bonchev–Trinajstić information content (AvgIpc) is 2.68. The first-order valence-corrected chi connectivity index (χ1v) is 8.15. The maximum atomic E-state index is 12.1. The van der Waals surface area contributed by atoms with Crippen LogP contribution < -0.4 is 16.5 Å². The first-order valence-electron chi connectivity index (χ1n) is 8.15. The Morgan fingerprint density at radius 1 is 1.32 bits per heavy atom. The number of aromatic nitrogens is 1. The second kappa shape index (κ2) is 8.36. The minimum Gasteiger partial charge on any atom is -0.366 e. The molecule has 0 aliphatic carbocycles. The summed E-state index contributed by atoms with van der Waals surface area (Å²) in [7, 11) is 0. The summed E-state index contributed by atoms with van der Waals surface area (Å²) in [5.74, 6) is 5.47. The van der Waals surface area contributed by atoms with E-state index < -0.39 is 6.10 Å². The highest BCUT2D eigenvalue weighted by Gasteiger charge is 2.21. The van der Waals surface area contributed by atoms with Gasteiger partial charge in [-0.1, -0.05) is 18.2 Å². The van der Waals surface area contributed by atoms with E-state index in [9.17, 15) is 4.79 Å². The molecule has 1 aromatic carbocycles. The van der Waals surface area contributed by atoms with Crippen LogP contribution in [0.4, 0.5) is 0 Å². The van der Waals surface area contributed by atoms with Gasteiger partial charge in [-0.3, -0.25) is 9.78 Å². The highest BCUT2D eigenvalue weighted by molar-refractivity contribution is 6.12. The monoisotopic (exact) mass is 339 g/mol. The zero-order valence-corrected chi connectivity index (χ0v) is 13.8. The van der Waals surface area contributed by atoms with Gasteiger partial charge in [0.15, 0.2) is 0 Å². The standard InChI is InChI=1S/C18H21N5O2/c19-23-17(14-4-6-20-7-5-14)15-3-1-2-13(10-15)11-22-18(24)16-12-21-8-9-25-16/h1-7,10,16,21H,8-9,11-12,19H2,(H,22,24)/b23-17-. The van der Waals surface area contributed by atoms with E-state index in [1.54, 1.807) is 12.4 Å². The van der Waals surface area contributed by atoms with Crippen molar-refractivity contribution in [1.82, 2.24) is 15.6 Å². The summed E-state index contributed by atoms with van der Waals surface area (Å²) in [6.45, 7) is 2.29. The molecule has 1 fully saturated rings. The van der Waals surface area contributed by atoms with Gasteiger partial charge in [0.2, 0.25) is 0 Å². The lowest BCUT2D eigenvalue weighted by atomic mass is 10.0. The van der Waals surface area contributed by atoms with E-state index in [0.29, 0.717) is 25.4 Å². The Balaban J connectivity index is 1.68. The number of hydrogen-bond acceptors (Lipinski definition) is 6. The Hall–Kier alpha value is -2.77. The second-order valence-electron chi connectivity index (χ2n) is 5.70. The minimum atomic E-state index is -0.435. The maximum absolute atomic E-state index is 12.1. The predicted octanol–water partition coefficient (Wildman–Crippen LogP) is 0.397. The molecule has 1 aliphatic rings. The maximum Gasteiger partial charge on any atom is 0.250 e. The molecule has 2 heterocycles. The van der Waals surface area contributed by atoms with E-state index in [-0.39, 0.29) is 5.91 Å². The van der Waals surface area contributed by atoms with Gasteiger partial charge < -0.3 is 21.2 Å². The van der Waals surface area contributed by atoms with Crippen LogP contribution in [0.25, 0.3) is 0 Å². The molecule has 130 valence electrons. The van der Waals surface area contributed by atoms with Crippen molar-refractivity contribution in [1.29, 1.82) is 0 Å². The lowest BCUT2D eigenvalue weighted by Crippen LogP contribution is -2.47. The number of carbonyl (C=O) groups excluding carboxylic acids is 1. The van der Waals surface area contributed by atoms with Crippen LogP contribution >= 0.6 is 0 Å². The number of hydrazone groups is 1. The van der Waals surface area contributed by atoms with Crippen LogP contribution in [-0.2, 0) is 16.1 Å². The van der Waals surface area contributed by atoms with Crippen molar-refractivity contribution in [3.8, 4) is 0 Å². The van der Waals surface area contributed by atoms with Gasteiger partial charge in [0.1, 0.15) is 6.10 Å². The van der Waals surface area contributed by atoms with E-state index in [2.05, 4.69) is 20.7 Å². The molecule has 0 saturated carbocycles. The second-order valence-corrected chi connectivity index (χ2v) is 5.70. The van der Waals surface area contributed by atoms with Crippen LogP contribution in [0.1, 0.15) is 16.7 Å². The van der Waals surface area contributed by atoms with Crippen molar-refractivity contribution in [2.45, 2.75) is 12.6 Å². The van der Waals surface area contributed by atoms with Gasteiger partial charge in [-0.25, -0.2) is 0 Å². The molecule has 3 rings (SSSR count). The van der Waals surface area contributed by atoms with Crippen molar-refractivity contribution in [2.24, 2.45) is 10.9 Å². The average molecular weight is 339 g/mol. The first kappa shape index (κ1) is 17.1. The van der Waals surface area contributed by atoms with E-state index in [1.807, 2.05) is 36.4 Å². The van der Waals surface area contributed by atoms with E-state index >= 15 is 0 Å². The summed E-state index contributed by atoms with van der Waals surface area (Å²) in [4.78, 5) is 16.1. The third kappa shape index (κ3) is 4.40. The third-order valence-corrected chi connectivity index (χ3v) is 3.97. The number of nitrogens with zero attached hydrogens (tertiary/aromatic N) is 2. The number of rotatable bonds is 5. The number of nitrogens with two attached hydrogens (primary N) is 1. The van der Waals surface area contributed by atoms with Gasteiger partial charge in [0, 0.05) is 43.2 Å². The summed E-state index contributed by atoms with van der Waals surface area (Å²) < 4.78 is 5.45. The Morgan fingerprint density at radius 3 is 2.88 bits per heavy atom. The Labute approximate surface area is 146 Å². The molecule has 25 heavy (non-hydrogen) atoms. The van der Waals surface area contributed by atoms with Crippen molar-refractivity contribution in [2.75, 3.05) is 19.7 Å². The molecule has 1 saturated heterocycles. The fourth-order valence-electron chi connectivity index (χ4n) is 2.69. The van der Waals surface area contributed by atoms with Crippen LogP contribution in [-0.4, -0.2) is 42.4 Å². The largest absolute Gasteiger partial charge is 0.366 e. The highest BCUT2D eigenvalue weighted by Crippen LogP contribution is 2.12. The summed E-state index contributed by atoms with van der Waals surface area (Å²) in [5, 5.41) is 9.96. The van der Waals surface area contributed by atoms with Gasteiger partial charge in [0.05, 0.1) is 12.3 Å². The summed E-state index contributed by atoms with van der Waals surface area (Å²) >= 11 is 0. The molecular weight excluding hydrogens is 318 g/mol. The Kier molecular flexibility index (Phi) is 5.71. The molecule has 1 atom stereocenters. The molecule has 2 aromatic rings. The van der Waals surface area contributed by atoms with E-state index in [4.69, 9.17) is 10.6 Å². The molecule has 7 heteroatoms. The number of amides is 1. The minimum absolute atomic E-state index is 0.112. The van der Waals surface area contributed by atoms with Gasteiger partial charge >= 0.3 is 0 Å². The zero-order valence-electron chi connectivity index (χ0n) is 13.8. The van der Waals surface area contributed by atoms with Gasteiger partial charge in [-0.15, -0.1) is 0 Å².